The molecule has 6 nitrogen and oxygen atoms in total. The lowest BCUT2D eigenvalue weighted by Crippen LogP contribution is -2.34. The Labute approximate surface area is 146 Å². The number of nitrogens with one attached hydrogen (secondary N) is 1. The van der Waals surface area contributed by atoms with Crippen LogP contribution in [0.5, 0.6) is 0 Å². The molecule has 0 aliphatic rings. The molecule has 0 fully saturated rings. The Morgan fingerprint density at radius 3 is 2.64 bits per heavy atom. The van der Waals surface area contributed by atoms with Crippen molar-refractivity contribution >= 4 is 5.91 Å². The smallest absolute Gasteiger partial charge is 0.247 e. The Hall–Kier alpha value is -3.02. The molecule has 0 aliphatic carbocycles. The van der Waals surface area contributed by atoms with Crippen LogP contribution in [0.15, 0.2) is 59.3 Å². The predicted molar refractivity (Wildman–Crippen MR) is 93.6 cm³/mol. The van der Waals surface area contributed by atoms with Crippen LogP contribution >= 0.6 is 0 Å². The van der Waals surface area contributed by atoms with E-state index in [9.17, 15) is 4.79 Å². The quantitative estimate of drug-likeness (QED) is 0.717. The maximum Gasteiger partial charge on any atom is 0.247 e. The molecule has 1 aromatic carbocycles. The molecule has 0 unspecified atom stereocenters. The second-order valence-corrected chi connectivity index (χ2v) is 5.91. The van der Waals surface area contributed by atoms with Gasteiger partial charge in [-0.15, -0.1) is 10.2 Å². The second kappa shape index (κ2) is 8.19. The predicted octanol–water partition coefficient (Wildman–Crippen LogP) is 2.81. The number of aromatic nitrogens is 3. The van der Waals surface area contributed by atoms with E-state index in [1.54, 1.807) is 24.5 Å². The summed E-state index contributed by atoms with van der Waals surface area (Å²) in [6.07, 6.45) is 5.19. The molecular formula is C19H20N4O2. The zero-order valence-corrected chi connectivity index (χ0v) is 14.1. The maximum atomic E-state index is 12.1. The highest BCUT2D eigenvalue weighted by Crippen LogP contribution is 2.16. The third-order valence-electron chi connectivity index (χ3n) is 3.82. The Kier molecular flexibility index (Phi) is 5.51. The van der Waals surface area contributed by atoms with Crippen molar-refractivity contribution in [1.29, 1.82) is 0 Å². The fourth-order valence-electron chi connectivity index (χ4n) is 2.50. The zero-order chi connectivity index (χ0) is 17.5. The van der Waals surface area contributed by atoms with E-state index in [0.717, 1.165) is 18.4 Å². The van der Waals surface area contributed by atoms with Gasteiger partial charge < -0.3 is 9.73 Å². The standard InChI is InChI=1S/C19H20N4O2/c1-14(7-8-15-5-3-2-4-6-15)21-17(24)13-18-22-23-19(25-18)16-9-11-20-12-10-16/h2-6,9-12,14H,7-8,13H2,1H3,(H,21,24)/t14-/m0/s1. The van der Waals surface area contributed by atoms with Crippen LogP contribution in [0.2, 0.25) is 0 Å². The van der Waals surface area contributed by atoms with Gasteiger partial charge in [0, 0.05) is 24.0 Å². The van der Waals surface area contributed by atoms with Crippen LogP contribution in [-0.2, 0) is 17.6 Å². The Morgan fingerprint density at radius 2 is 1.88 bits per heavy atom. The van der Waals surface area contributed by atoms with Gasteiger partial charge in [-0.3, -0.25) is 9.78 Å². The number of rotatable bonds is 7. The van der Waals surface area contributed by atoms with E-state index in [1.165, 1.54) is 5.56 Å². The highest BCUT2D eigenvalue weighted by Gasteiger charge is 2.14. The number of carbonyl (C=O) groups is 1. The first kappa shape index (κ1) is 16.8. The zero-order valence-electron chi connectivity index (χ0n) is 14.1. The summed E-state index contributed by atoms with van der Waals surface area (Å²) < 4.78 is 5.54. The molecule has 1 amide bonds. The largest absolute Gasteiger partial charge is 0.420 e. The maximum absolute atomic E-state index is 12.1. The van der Waals surface area contributed by atoms with Crippen LogP contribution in [0, 0.1) is 0 Å². The fourth-order valence-corrected chi connectivity index (χ4v) is 2.50. The number of aryl methyl sites for hydroxylation is 1. The van der Waals surface area contributed by atoms with Gasteiger partial charge in [0.2, 0.25) is 17.7 Å². The molecule has 0 saturated carbocycles. The van der Waals surface area contributed by atoms with E-state index in [-0.39, 0.29) is 18.4 Å². The summed E-state index contributed by atoms with van der Waals surface area (Å²) in [7, 11) is 0. The van der Waals surface area contributed by atoms with Crippen molar-refractivity contribution in [2.75, 3.05) is 0 Å². The number of hydrogen-bond acceptors (Lipinski definition) is 5. The normalized spacial score (nSPS) is 11.9. The summed E-state index contributed by atoms with van der Waals surface area (Å²) in [5.41, 5.74) is 2.05. The third-order valence-corrected chi connectivity index (χ3v) is 3.82. The minimum atomic E-state index is -0.120. The molecule has 25 heavy (non-hydrogen) atoms. The summed E-state index contributed by atoms with van der Waals surface area (Å²) in [6, 6.07) is 13.9. The topological polar surface area (TPSA) is 80.9 Å². The van der Waals surface area contributed by atoms with E-state index < -0.39 is 0 Å². The first-order chi connectivity index (χ1) is 12.2. The molecule has 0 spiro atoms. The number of amides is 1. The molecule has 0 radical (unpaired) electrons. The van der Waals surface area contributed by atoms with E-state index >= 15 is 0 Å². The number of carbonyl (C=O) groups excluding carboxylic acids is 1. The first-order valence-electron chi connectivity index (χ1n) is 8.27. The van der Waals surface area contributed by atoms with Gasteiger partial charge in [0.25, 0.3) is 0 Å². The van der Waals surface area contributed by atoms with E-state index in [2.05, 4.69) is 32.6 Å². The fraction of sp³-hybridized carbons (Fsp3) is 0.263. The average molecular weight is 336 g/mol. The molecule has 128 valence electrons. The summed E-state index contributed by atoms with van der Waals surface area (Å²) in [5, 5.41) is 10.9. The molecule has 0 bridgehead atoms. The Balaban J connectivity index is 1.48. The van der Waals surface area contributed by atoms with Gasteiger partial charge in [-0.1, -0.05) is 30.3 Å². The van der Waals surface area contributed by atoms with Crippen LogP contribution in [0.4, 0.5) is 0 Å². The van der Waals surface area contributed by atoms with Crippen LogP contribution in [-0.4, -0.2) is 27.1 Å². The summed E-state index contributed by atoms with van der Waals surface area (Å²) in [4.78, 5) is 16.1. The van der Waals surface area contributed by atoms with E-state index in [1.807, 2.05) is 25.1 Å². The Morgan fingerprint density at radius 1 is 1.12 bits per heavy atom. The summed E-state index contributed by atoms with van der Waals surface area (Å²) in [6.45, 7) is 2.00. The van der Waals surface area contributed by atoms with Crippen LogP contribution < -0.4 is 5.32 Å². The monoisotopic (exact) mass is 336 g/mol. The van der Waals surface area contributed by atoms with Gasteiger partial charge in [-0.25, -0.2) is 0 Å². The van der Waals surface area contributed by atoms with Gasteiger partial charge in [0.1, 0.15) is 6.42 Å². The molecule has 6 heteroatoms. The molecule has 2 aromatic heterocycles. The van der Waals surface area contributed by atoms with E-state index in [4.69, 9.17) is 4.42 Å². The van der Waals surface area contributed by atoms with Crippen LogP contribution in [0.25, 0.3) is 11.5 Å². The molecule has 0 aliphatic heterocycles. The average Bonchev–Trinajstić information content (AvgIpc) is 3.10. The van der Waals surface area contributed by atoms with Crippen molar-refractivity contribution in [2.24, 2.45) is 0 Å². The first-order valence-corrected chi connectivity index (χ1v) is 8.27. The molecule has 2 heterocycles. The van der Waals surface area contributed by atoms with Crippen molar-refractivity contribution in [3.8, 4) is 11.5 Å². The van der Waals surface area contributed by atoms with Crippen LogP contribution in [0.1, 0.15) is 24.8 Å². The van der Waals surface area contributed by atoms with Crippen molar-refractivity contribution in [3.05, 3.63) is 66.3 Å². The lowest BCUT2D eigenvalue weighted by molar-refractivity contribution is -0.121. The van der Waals surface area contributed by atoms with Crippen LogP contribution in [0.3, 0.4) is 0 Å². The molecule has 1 N–H and O–H groups in total. The number of hydrogen-bond donors (Lipinski definition) is 1. The minimum absolute atomic E-state index is 0.0771. The van der Waals surface area contributed by atoms with E-state index in [0.29, 0.717) is 11.8 Å². The Bertz CT molecular complexity index is 803. The van der Waals surface area contributed by atoms with Gasteiger partial charge in [0.05, 0.1) is 0 Å². The molecule has 3 aromatic rings. The minimum Gasteiger partial charge on any atom is -0.420 e. The second-order valence-electron chi connectivity index (χ2n) is 5.91. The van der Waals surface area contributed by atoms with Crippen molar-refractivity contribution in [3.63, 3.8) is 0 Å². The number of pyridine rings is 1. The highest BCUT2D eigenvalue weighted by molar-refractivity contribution is 5.77. The van der Waals surface area contributed by atoms with Crippen molar-refractivity contribution in [2.45, 2.75) is 32.2 Å². The third kappa shape index (κ3) is 4.97. The van der Waals surface area contributed by atoms with Gasteiger partial charge in [-0.2, -0.15) is 0 Å². The van der Waals surface area contributed by atoms with Gasteiger partial charge in [0.15, 0.2) is 0 Å². The lowest BCUT2D eigenvalue weighted by atomic mass is 10.1. The number of benzene rings is 1. The summed E-state index contributed by atoms with van der Waals surface area (Å²) >= 11 is 0. The van der Waals surface area contributed by atoms with Crippen molar-refractivity contribution in [1.82, 2.24) is 20.5 Å². The molecule has 0 saturated heterocycles. The summed E-state index contributed by atoms with van der Waals surface area (Å²) in [5.74, 6) is 0.576. The molecule has 1 atom stereocenters. The highest BCUT2D eigenvalue weighted by atomic mass is 16.4. The van der Waals surface area contributed by atoms with Crippen molar-refractivity contribution < 1.29 is 9.21 Å². The lowest BCUT2D eigenvalue weighted by Gasteiger charge is -2.13. The number of nitrogens with zero attached hydrogens (tertiary/aromatic N) is 3. The molecular weight excluding hydrogens is 316 g/mol. The van der Waals surface area contributed by atoms with Gasteiger partial charge >= 0.3 is 0 Å². The SMILES string of the molecule is C[C@@H](CCc1ccccc1)NC(=O)Cc1nnc(-c2ccncc2)o1. The molecule has 3 rings (SSSR count). The van der Waals surface area contributed by atoms with Gasteiger partial charge in [-0.05, 0) is 37.5 Å².